The Balaban J connectivity index is 1.90. The summed E-state index contributed by atoms with van der Waals surface area (Å²) in [5, 5.41) is 1.60. The summed E-state index contributed by atoms with van der Waals surface area (Å²) in [6.07, 6.45) is 5.84. The molecule has 2 nitrogen and oxygen atoms in total. The van der Waals surface area contributed by atoms with E-state index in [0.29, 0.717) is 5.44 Å². The summed E-state index contributed by atoms with van der Waals surface area (Å²) < 4.78 is 14.8. The Hall–Kier alpha value is -3.22. The highest BCUT2D eigenvalue weighted by atomic mass is 31.2. The van der Waals surface area contributed by atoms with Crippen LogP contribution in [0.4, 0.5) is 0 Å². The number of hydrogen-bond acceptors (Lipinski definition) is 2. The average Bonchev–Trinajstić information content (AvgIpc) is 2.79. The Labute approximate surface area is 178 Å². The Morgan fingerprint density at radius 1 is 0.733 bits per heavy atom. The van der Waals surface area contributed by atoms with Crippen LogP contribution in [-0.2, 0) is 4.57 Å². The molecule has 0 aliphatic rings. The highest BCUT2D eigenvalue weighted by Crippen LogP contribution is 2.43. The van der Waals surface area contributed by atoms with Gasteiger partial charge in [-0.05, 0) is 36.6 Å². The third-order valence-corrected chi connectivity index (χ3v) is 8.38. The van der Waals surface area contributed by atoms with Gasteiger partial charge >= 0.3 is 0 Å². The van der Waals surface area contributed by atoms with Crippen molar-refractivity contribution in [1.29, 1.82) is 0 Å². The zero-order valence-corrected chi connectivity index (χ0v) is 18.1. The van der Waals surface area contributed by atoms with Crippen LogP contribution in [0.25, 0.3) is 12.2 Å². The molecule has 1 aromatic heterocycles. The fourth-order valence-electron chi connectivity index (χ4n) is 3.60. The van der Waals surface area contributed by atoms with Crippen LogP contribution < -0.4 is 16.0 Å². The van der Waals surface area contributed by atoms with Gasteiger partial charge in [-0.15, -0.1) is 0 Å². The smallest absolute Gasteiger partial charge is 0.189 e. The Kier molecular flexibility index (Phi) is 5.79. The average molecular weight is 409 g/mol. The van der Waals surface area contributed by atoms with E-state index in [1.54, 1.807) is 6.20 Å². The van der Waals surface area contributed by atoms with E-state index in [1.165, 1.54) is 5.56 Å². The monoisotopic (exact) mass is 409 g/mol. The van der Waals surface area contributed by atoms with E-state index in [4.69, 9.17) is 0 Å². The van der Waals surface area contributed by atoms with Gasteiger partial charge in [0.2, 0.25) is 0 Å². The van der Waals surface area contributed by atoms with E-state index in [0.717, 1.165) is 27.3 Å². The standard InChI is InChI=1S/C27H24NOP/c1-21-14-16-23(17-15-21)18-19-24-10-6-7-13-26(24)30(29,25-11-4-3-5-12-25)27-22(2)9-8-20-28-27/h3-20H,1-2H3/b19-18+. The number of aryl methyl sites for hydroxylation is 2. The first-order valence-corrected chi connectivity index (χ1v) is 11.7. The van der Waals surface area contributed by atoms with Crippen molar-refractivity contribution in [3.8, 4) is 0 Å². The van der Waals surface area contributed by atoms with Crippen LogP contribution in [0.2, 0.25) is 0 Å². The lowest BCUT2D eigenvalue weighted by atomic mass is 10.1. The minimum atomic E-state index is -3.14. The molecule has 0 fully saturated rings. The molecule has 3 heteroatoms. The first kappa shape index (κ1) is 20.1. The highest BCUT2D eigenvalue weighted by Gasteiger charge is 2.33. The van der Waals surface area contributed by atoms with Crippen molar-refractivity contribution in [1.82, 2.24) is 4.98 Å². The molecular formula is C27H24NOP. The Bertz CT molecular complexity index is 1230. The maximum absolute atomic E-state index is 14.8. The van der Waals surface area contributed by atoms with Gasteiger partial charge in [0.25, 0.3) is 0 Å². The van der Waals surface area contributed by atoms with Crippen molar-refractivity contribution < 1.29 is 4.57 Å². The summed E-state index contributed by atoms with van der Waals surface area (Å²) in [5.74, 6) is 0. The predicted octanol–water partition coefficient (Wildman–Crippen LogP) is 5.51. The molecule has 0 aliphatic heterocycles. The molecule has 0 saturated carbocycles. The van der Waals surface area contributed by atoms with E-state index in [1.807, 2.05) is 79.7 Å². The molecule has 3 aromatic carbocycles. The summed E-state index contributed by atoms with van der Waals surface area (Å²) in [5.41, 5.74) is 4.86. The summed E-state index contributed by atoms with van der Waals surface area (Å²) in [4.78, 5) is 4.59. The molecule has 0 saturated heterocycles. The fourth-order valence-corrected chi connectivity index (χ4v) is 6.55. The number of rotatable bonds is 5. The van der Waals surface area contributed by atoms with Gasteiger partial charge in [0.15, 0.2) is 7.14 Å². The molecule has 0 radical (unpaired) electrons. The van der Waals surface area contributed by atoms with Crippen molar-refractivity contribution in [2.24, 2.45) is 0 Å². The number of nitrogens with zero attached hydrogens (tertiary/aromatic N) is 1. The van der Waals surface area contributed by atoms with Crippen molar-refractivity contribution >= 4 is 35.3 Å². The topological polar surface area (TPSA) is 30.0 Å². The van der Waals surface area contributed by atoms with Crippen molar-refractivity contribution in [3.05, 3.63) is 119 Å². The SMILES string of the molecule is Cc1ccc(/C=C/c2ccccc2P(=O)(c2ccccc2)c2ncccc2C)cc1. The third-order valence-electron chi connectivity index (χ3n) is 5.21. The van der Waals surface area contributed by atoms with Crippen LogP contribution >= 0.6 is 7.14 Å². The number of benzene rings is 3. The molecule has 4 aromatic rings. The first-order chi connectivity index (χ1) is 14.6. The lowest BCUT2D eigenvalue weighted by molar-refractivity contribution is 0.592. The molecule has 148 valence electrons. The van der Waals surface area contributed by atoms with Gasteiger partial charge in [-0.3, -0.25) is 4.98 Å². The normalized spacial score (nSPS) is 13.3. The second-order valence-electron chi connectivity index (χ2n) is 7.39. The van der Waals surface area contributed by atoms with Crippen LogP contribution in [0.3, 0.4) is 0 Å². The van der Waals surface area contributed by atoms with Crippen LogP contribution in [0.1, 0.15) is 22.3 Å². The zero-order valence-electron chi connectivity index (χ0n) is 17.2. The highest BCUT2D eigenvalue weighted by molar-refractivity contribution is 7.85. The number of hydrogen-bond donors (Lipinski definition) is 0. The van der Waals surface area contributed by atoms with Gasteiger partial charge in [-0.2, -0.15) is 0 Å². The van der Waals surface area contributed by atoms with E-state index in [9.17, 15) is 4.57 Å². The summed E-state index contributed by atoms with van der Waals surface area (Å²) >= 11 is 0. The maximum Gasteiger partial charge on any atom is 0.189 e. The largest absolute Gasteiger partial charge is 0.307 e. The quantitative estimate of drug-likeness (QED) is 0.321. The van der Waals surface area contributed by atoms with Crippen LogP contribution in [0.15, 0.2) is 97.2 Å². The van der Waals surface area contributed by atoms with Gasteiger partial charge in [0.05, 0.1) is 0 Å². The molecule has 1 heterocycles. The molecule has 4 rings (SSSR count). The van der Waals surface area contributed by atoms with E-state index >= 15 is 0 Å². The summed E-state index contributed by atoms with van der Waals surface area (Å²) in [6.45, 7) is 4.05. The number of pyridine rings is 1. The molecular weight excluding hydrogens is 385 g/mol. The second kappa shape index (κ2) is 8.65. The molecule has 0 amide bonds. The molecule has 0 aliphatic carbocycles. The summed E-state index contributed by atoms with van der Waals surface area (Å²) in [7, 11) is -3.14. The maximum atomic E-state index is 14.8. The lowest BCUT2D eigenvalue weighted by Crippen LogP contribution is -2.29. The third kappa shape index (κ3) is 3.92. The van der Waals surface area contributed by atoms with Crippen LogP contribution in [0, 0.1) is 13.8 Å². The van der Waals surface area contributed by atoms with E-state index < -0.39 is 7.14 Å². The van der Waals surface area contributed by atoms with Gasteiger partial charge in [-0.25, -0.2) is 0 Å². The second-order valence-corrected chi connectivity index (χ2v) is 10.0. The Morgan fingerprint density at radius 3 is 2.17 bits per heavy atom. The lowest BCUT2D eigenvalue weighted by Gasteiger charge is -2.22. The molecule has 30 heavy (non-hydrogen) atoms. The summed E-state index contributed by atoms with van der Waals surface area (Å²) in [6, 6.07) is 29.9. The molecule has 0 spiro atoms. The van der Waals surface area contributed by atoms with Crippen molar-refractivity contribution in [2.45, 2.75) is 13.8 Å². The van der Waals surface area contributed by atoms with Crippen molar-refractivity contribution in [2.75, 3.05) is 0 Å². The molecule has 1 unspecified atom stereocenters. The molecule has 0 bridgehead atoms. The predicted molar refractivity (Wildman–Crippen MR) is 128 cm³/mol. The van der Waals surface area contributed by atoms with E-state index in [-0.39, 0.29) is 0 Å². The Morgan fingerprint density at radius 2 is 1.43 bits per heavy atom. The van der Waals surface area contributed by atoms with Gasteiger partial charge in [-0.1, -0.05) is 103 Å². The van der Waals surface area contributed by atoms with Crippen LogP contribution in [0.5, 0.6) is 0 Å². The molecule has 0 N–H and O–H groups in total. The molecule has 1 atom stereocenters. The zero-order chi connectivity index (χ0) is 21.0. The van der Waals surface area contributed by atoms with Gasteiger partial charge in [0.1, 0.15) is 5.44 Å². The number of aromatic nitrogens is 1. The first-order valence-electron chi connectivity index (χ1n) is 10.0. The minimum absolute atomic E-state index is 0.646. The van der Waals surface area contributed by atoms with Crippen molar-refractivity contribution in [3.63, 3.8) is 0 Å². The fraction of sp³-hybridized carbons (Fsp3) is 0.0741. The van der Waals surface area contributed by atoms with Gasteiger partial charge in [0, 0.05) is 16.8 Å². The minimum Gasteiger partial charge on any atom is -0.307 e. The van der Waals surface area contributed by atoms with E-state index in [2.05, 4.69) is 42.2 Å². The van der Waals surface area contributed by atoms with Gasteiger partial charge < -0.3 is 4.57 Å². The van der Waals surface area contributed by atoms with Crippen LogP contribution in [-0.4, -0.2) is 4.98 Å².